The summed E-state index contributed by atoms with van der Waals surface area (Å²) in [4.78, 5) is 4.53. The van der Waals surface area contributed by atoms with Crippen molar-refractivity contribution in [2.24, 2.45) is 0 Å². The topological polar surface area (TPSA) is 56.2 Å². The summed E-state index contributed by atoms with van der Waals surface area (Å²) in [6.07, 6.45) is 3.20. The molecule has 23 heavy (non-hydrogen) atoms. The number of likely N-dealkylation sites (tertiary alicyclic amines) is 2. The Kier molecular flexibility index (Phi) is 5.89. The minimum atomic E-state index is -0.435. The van der Waals surface area contributed by atoms with Gasteiger partial charge in [-0.1, -0.05) is 18.6 Å². The van der Waals surface area contributed by atoms with Crippen molar-refractivity contribution in [3.05, 3.63) is 29.8 Å². The first-order chi connectivity index (χ1) is 11.2. The van der Waals surface area contributed by atoms with E-state index in [1.807, 2.05) is 12.1 Å². The van der Waals surface area contributed by atoms with Gasteiger partial charge < -0.3 is 19.8 Å². The maximum Gasteiger partial charge on any atom is 0.119 e. The van der Waals surface area contributed by atoms with E-state index in [0.717, 1.165) is 38.5 Å². The molecule has 2 N–H and O–H groups in total. The van der Waals surface area contributed by atoms with E-state index in [1.165, 1.54) is 24.8 Å². The fourth-order valence-electron chi connectivity index (χ4n) is 3.31. The minimum absolute atomic E-state index is 0.154. The molecule has 1 aromatic rings. The molecule has 0 amide bonds. The quantitative estimate of drug-likeness (QED) is 0.788. The first-order valence-electron chi connectivity index (χ1n) is 8.71. The highest BCUT2D eigenvalue weighted by Crippen LogP contribution is 2.17. The molecule has 0 saturated carbocycles. The van der Waals surface area contributed by atoms with Crippen molar-refractivity contribution in [1.82, 2.24) is 9.80 Å². The van der Waals surface area contributed by atoms with Gasteiger partial charge in [0, 0.05) is 26.2 Å². The number of benzene rings is 1. The summed E-state index contributed by atoms with van der Waals surface area (Å²) >= 11 is 0. The fourth-order valence-corrected chi connectivity index (χ4v) is 3.31. The van der Waals surface area contributed by atoms with Gasteiger partial charge >= 0.3 is 0 Å². The predicted molar refractivity (Wildman–Crippen MR) is 89.5 cm³/mol. The van der Waals surface area contributed by atoms with Gasteiger partial charge in [-0.15, -0.1) is 0 Å². The summed E-state index contributed by atoms with van der Waals surface area (Å²) in [5.74, 6) is 0.801. The molecule has 3 rings (SSSR count). The Bertz CT molecular complexity index is 468. The number of piperidine rings is 1. The molecule has 0 unspecified atom stereocenters. The van der Waals surface area contributed by atoms with Crippen LogP contribution in [0.2, 0.25) is 0 Å². The summed E-state index contributed by atoms with van der Waals surface area (Å²) < 4.78 is 5.70. The van der Waals surface area contributed by atoms with E-state index < -0.39 is 6.10 Å². The van der Waals surface area contributed by atoms with Crippen molar-refractivity contribution >= 4 is 0 Å². The maximum atomic E-state index is 10.1. The van der Waals surface area contributed by atoms with E-state index >= 15 is 0 Å². The van der Waals surface area contributed by atoms with Crippen LogP contribution in [0.15, 0.2) is 24.3 Å². The van der Waals surface area contributed by atoms with Crippen LogP contribution in [-0.4, -0.2) is 71.6 Å². The highest BCUT2D eigenvalue weighted by molar-refractivity contribution is 5.27. The zero-order valence-corrected chi connectivity index (χ0v) is 13.7. The third-order valence-corrected chi connectivity index (χ3v) is 4.63. The molecule has 128 valence electrons. The molecular formula is C18H28N2O3. The van der Waals surface area contributed by atoms with Gasteiger partial charge in [0.05, 0.1) is 6.10 Å². The fraction of sp³-hybridized carbons (Fsp3) is 0.667. The largest absolute Gasteiger partial charge is 0.491 e. The number of aliphatic hydroxyl groups is 2. The molecule has 0 radical (unpaired) electrons. The Balaban J connectivity index is 1.37. The summed E-state index contributed by atoms with van der Waals surface area (Å²) in [6.45, 7) is 5.63. The van der Waals surface area contributed by atoms with E-state index in [0.29, 0.717) is 13.2 Å². The summed E-state index contributed by atoms with van der Waals surface area (Å²) in [7, 11) is 0. The van der Waals surface area contributed by atoms with Crippen LogP contribution in [0.5, 0.6) is 5.75 Å². The number of rotatable bonds is 7. The van der Waals surface area contributed by atoms with E-state index in [-0.39, 0.29) is 6.10 Å². The monoisotopic (exact) mass is 320 g/mol. The van der Waals surface area contributed by atoms with E-state index in [1.54, 1.807) is 0 Å². The molecule has 2 saturated heterocycles. The van der Waals surface area contributed by atoms with Crippen LogP contribution in [0.4, 0.5) is 0 Å². The highest BCUT2D eigenvalue weighted by Gasteiger charge is 2.23. The maximum absolute atomic E-state index is 10.1. The van der Waals surface area contributed by atoms with Crippen LogP contribution in [-0.2, 0) is 6.54 Å². The molecule has 2 aliphatic heterocycles. The third kappa shape index (κ3) is 5.18. The average Bonchev–Trinajstić information content (AvgIpc) is 2.54. The zero-order chi connectivity index (χ0) is 16.1. The highest BCUT2D eigenvalue weighted by atomic mass is 16.5. The van der Waals surface area contributed by atoms with Gasteiger partial charge in [0.15, 0.2) is 0 Å². The van der Waals surface area contributed by atoms with E-state index in [4.69, 9.17) is 4.74 Å². The standard InChI is InChI=1S/C18H28N2O3/c21-16-11-20(12-16)10-15-4-6-18(7-5-15)23-14-17(22)13-19-8-2-1-3-9-19/h4-7,16-17,21-22H,1-3,8-14H2/t17-/m1/s1. The van der Waals surface area contributed by atoms with Gasteiger partial charge in [0.25, 0.3) is 0 Å². The molecular weight excluding hydrogens is 292 g/mol. The summed E-state index contributed by atoms with van der Waals surface area (Å²) in [6, 6.07) is 8.02. The van der Waals surface area contributed by atoms with Crippen molar-refractivity contribution < 1.29 is 14.9 Å². The number of aliphatic hydroxyl groups excluding tert-OH is 2. The molecule has 1 atom stereocenters. The van der Waals surface area contributed by atoms with Crippen LogP contribution in [0.25, 0.3) is 0 Å². The molecule has 5 nitrogen and oxygen atoms in total. The van der Waals surface area contributed by atoms with Gasteiger partial charge in [-0.2, -0.15) is 0 Å². The molecule has 0 aromatic heterocycles. The SMILES string of the molecule is OC1CN(Cc2ccc(OC[C@H](O)CN3CCCCC3)cc2)C1. The second kappa shape index (κ2) is 8.11. The Hall–Kier alpha value is -1.14. The molecule has 2 aliphatic rings. The number of nitrogens with zero attached hydrogens (tertiary/aromatic N) is 2. The van der Waals surface area contributed by atoms with E-state index in [9.17, 15) is 10.2 Å². The number of ether oxygens (including phenoxy) is 1. The van der Waals surface area contributed by atoms with Crippen molar-refractivity contribution in [1.29, 1.82) is 0 Å². The van der Waals surface area contributed by atoms with Crippen LogP contribution < -0.4 is 4.74 Å². The van der Waals surface area contributed by atoms with Gasteiger partial charge in [-0.3, -0.25) is 4.90 Å². The molecule has 0 aliphatic carbocycles. The van der Waals surface area contributed by atoms with Crippen LogP contribution in [0, 0.1) is 0 Å². The molecule has 2 heterocycles. The first kappa shape index (κ1) is 16.7. The minimum Gasteiger partial charge on any atom is -0.491 e. The summed E-state index contributed by atoms with van der Waals surface area (Å²) in [5.41, 5.74) is 1.22. The molecule has 2 fully saturated rings. The van der Waals surface area contributed by atoms with Gasteiger partial charge in [-0.05, 0) is 43.6 Å². The average molecular weight is 320 g/mol. The van der Waals surface area contributed by atoms with Crippen LogP contribution in [0.1, 0.15) is 24.8 Å². The number of hydrogen-bond acceptors (Lipinski definition) is 5. The van der Waals surface area contributed by atoms with Crippen LogP contribution in [0.3, 0.4) is 0 Å². The molecule has 1 aromatic carbocycles. The second-order valence-electron chi connectivity index (χ2n) is 6.82. The smallest absolute Gasteiger partial charge is 0.119 e. The Morgan fingerprint density at radius 2 is 1.74 bits per heavy atom. The summed E-state index contributed by atoms with van der Waals surface area (Å²) in [5, 5.41) is 19.4. The predicted octanol–water partition coefficient (Wildman–Crippen LogP) is 1.09. The Morgan fingerprint density at radius 1 is 1.04 bits per heavy atom. The molecule has 0 bridgehead atoms. The van der Waals surface area contributed by atoms with Crippen LogP contribution >= 0.6 is 0 Å². The van der Waals surface area contributed by atoms with Gasteiger partial charge in [-0.25, -0.2) is 0 Å². The molecule has 5 heteroatoms. The number of β-amino-alcohol motifs (C(OH)–C–C–N with tert-alkyl or cyclic N) is 2. The lowest BCUT2D eigenvalue weighted by Crippen LogP contribution is -2.49. The lowest BCUT2D eigenvalue weighted by molar-refractivity contribution is -0.00287. The lowest BCUT2D eigenvalue weighted by atomic mass is 10.1. The van der Waals surface area contributed by atoms with Crippen molar-refractivity contribution in [2.75, 3.05) is 39.3 Å². The van der Waals surface area contributed by atoms with Crippen molar-refractivity contribution in [3.63, 3.8) is 0 Å². The zero-order valence-electron chi connectivity index (χ0n) is 13.7. The Labute approximate surface area is 138 Å². The number of hydrogen-bond donors (Lipinski definition) is 2. The first-order valence-corrected chi connectivity index (χ1v) is 8.71. The third-order valence-electron chi connectivity index (χ3n) is 4.63. The molecule has 0 spiro atoms. The van der Waals surface area contributed by atoms with Gasteiger partial charge in [0.1, 0.15) is 18.5 Å². The van der Waals surface area contributed by atoms with Crippen molar-refractivity contribution in [2.45, 2.75) is 38.0 Å². The second-order valence-corrected chi connectivity index (χ2v) is 6.82. The van der Waals surface area contributed by atoms with Crippen molar-refractivity contribution in [3.8, 4) is 5.75 Å². The lowest BCUT2D eigenvalue weighted by Gasteiger charge is -2.35. The Morgan fingerprint density at radius 3 is 2.39 bits per heavy atom. The van der Waals surface area contributed by atoms with E-state index in [2.05, 4.69) is 21.9 Å². The van der Waals surface area contributed by atoms with Gasteiger partial charge in [0.2, 0.25) is 0 Å². The normalized spacial score (nSPS) is 21.8.